The molecule has 43 heavy (non-hydrogen) atoms. The molecule has 3 heterocycles. The Balaban J connectivity index is 1.28. The molecule has 1 saturated heterocycles. The summed E-state index contributed by atoms with van der Waals surface area (Å²) in [5.74, 6) is 0.681. The fourth-order valence-electron chi connectivity index (χ4n) is 4.82. The zero-order chi connectivity index (χ0) is 30.6. The molecular formula is C30H34FN5O5S2. The molecule has 1 fully saturated rings. The average molecular weight is 628 g/mol. The van der Waals surface area contributed by atoms with Crippen LogP contribution in [0.3, 0.4) is 0 Å². The normalized spacial score (nSPS) is 14.5. The van der Waals surface area contributed by atoms with Crippen LogP contribution in [-0.4, -0.2) is 78.2 Å². The predicted octanol–water partition coefficient (Wildman–Crippen LogP) is 5.31. The number of sulfone groups is 1. The number of aryl methyl sites for hydroxylation is 1. The first kappa shape index (κ1) is 30.6. The van der Waals surface area contributed by atoms with Crippen LogP contribution >= 0.6 is 11.3 Å². The van der Waals surface area contributed by atoms with Gasteiger partial charge >= 0.3 is 0 Å². The number of methoxy groups -OCH3 is 1. The van der Waals surface area contributed by atoms with Crippen molar-refractivity contribution in [3.63, 3.8) is 0 Å². The maximum atomic E-state index is 15.0. The van der Waals surface area contributed by atoms with Gasteiger partial charge in [0.2, 0.25) is 5.95 Å². The number of likely N-dealkylation sites (tertiary alicyclic amines) is 1. The smallest absolute Gasteiger partial charge is 0.227 e. The van der Waals surface area contributed by atoms with Crippen molar-refractivity contribution in [2.45, 2.75) is 32.3 Å². The van der Waals surface area contributed by atoms with Crippen LogP contribution in [0.15, 0.2) is 48.7 Å². The molecule has 2 aromatic carbocycles. The molecule has 1 aliphatic heterocycles. The summed E-state index contributed by atoms with van der Waals surface area (Å²) in [6, 6.07) is 11.3. The van der Waals surface area contributed by atoms with Gasteiger partial charge in [-0.15, -0.1) is 11.3 Å². The van der Waals surface area contributed by atoms with E-state index in [1.807, 2.05) is 6.92 Å². The molecule has 228 valence electrons. The van der Waals surface area contributed by atoms with Gasteiger partial charge in [0, 0.05) is 55.5 Å². The lowest BCUT2D eigenvalue weighted by Crippen LogP contribution is -2.40. The van der Waals surface area contributed by atoms with E-state index in [-0.39, 0.29) is 23.4 Å². The van der Waals surface area contributed by atoms with E-state index in [4.69, 9.17) is 19.4 Å². The summed E-state index contributed by atoms with van der Waals surface area (Å²) in [7, 11) is -1.46. The largest absolute Gasteiger partial charge is 0.508 e. The molecular weight excluding hydrogens is 593 g/mol. The van der Waals surface area contributed by atoms with Gasteiger partial charge in [-0.1, -0.05) is 6.92 Å². The van der Waals surface area contributed by atoms with Crippen molar-refractivity contribution in [3.05, 3.63) is 59.5 Å². The number of thiazole rings is 1. The number of phenols is 1. The number of rotatable bonds is 11. The number of aromatic nitrogens is 3. The van der Waals surface area contributed by atoms with E-state index < -0.39 is 15.7 Å². The summed E-state index contributed by atoms with van der Waals surface area (Å²) in [6.45, 7) is 3.94. The summed E-state index contributed by atoms with van der Waals surface area (Å²) in [5.41, 5.74) is 2.54. The molecule has 0 amide bonds. The maximum Gasteiger partial charge on any atom is 0.227 e. The van der Waals surface area contributed by atoms with Gasteiger partial charge in [0.05, 0.1) is 34.1 Å². The Hall–Kier alpha value is -3.81. The number of piperidine rings is 1. The van der Waals surface area contributed by atoms with Gasteiger partial charge < -0.3 is 24.8 Å². The maximum absolute atomic E-state index is 15.0. The Kier molecular flexibility index (Phi) is 9.43. The van der Waals surface area contributed by atoms with Crippen molar-refractivity contribution >= 4 is 32.8 Å². The van der Waals surface area contributed by atoms with E-state index in [1.165, 1.54) is 23.7 Å². The average Bonchev–Trinajstić information content (AvgIpc) is 3.42. The van der Waals surface area contributed by atoms with E-state index in [0.29, 0.717) is 61.2 Å². The minimum absolute atomic E-state index is 0.0950. The zero-order valence-corrected chi connectivity index (χ0v) is 25.8. The predicted molar refractivity (Wildman–Crippen MR) is 166 cm³/mol. The second kappa shape index (κ2) is 13.2. The summed E-state index contributed by atoms with van der Waals surface area (Å²) in [4.78, 5) is 16.7. The van der Waals surface area contributed by atoms with Gasteiger partial charge in [-0.2, -0.15) is 0 Å². The third-order valence-corrected chi connectivity index (χ3v) is 9.24. The second-order valence-corrected chi connectivity index (χ2v) is 13.7. The summed E-state index contributed by atoms with van der Waals surface area (Å²) in [5, 5.41) is 13.9. The Morgan fingerprint density at radius 2 is 1.91 bits per heavy atom. The highest BCUT2D eigenvalue weighted by Crippen LogP contribution is 2.41. The highest BCUT2D eigenvalue weighted by atomic mass is 32.2. The van der Waals surface area contributed by atoms with E-state index >= 15 is 4.39 Å². The SMILES string of the molecule is CCc1nc(-c2ccc(O)cc2OC)c(-c2ccnc(Nc3ccc(OC4CCN(CCS(C)(=O)=O)CC4)c(F)c3)n2)s1. The molecule has 0 unspecified atom stereocenters. The molecule has 0 saturated carbocycles. The molecule has 4 aromatic rings. The number of nitrogens with one attached hydrogen (secondary N) is 1. The lowest BCUT2D eigenvalue weighted by atomic mass is 10.1. The van der Waals surface area contributed by atoms with E-state index in [2.05, 4.69) is 15.2 Å². The van der Waals surface area contributed by atoms with Crippen molar-refractivity contribution in [1.29, 1.82) is 0 Å². The molecule has 5 rings (SSSR count). The van der Waals surface area contributed by atoms with Crippen molar-refractivity contribution < 1.29 is 27.4 Å². The zero-order valence-electron chi connectivity index (χ0n) is 24.2. The standard InChI is InChI=1S/C30H34FN5O5S2/c1-4-27-35-28(22-7-6-20(37)18-26(22)40-2)29(42-27)24-9-12-32-30(34-24)33-19-5-8-25(23(31)17-19)41-21-10-13-36(14-11-21)15-16-43(3,38)39/h5-9,12,17-18,21,37H,4,10-11,13-16H2,1-3H3,(H,32,33,34). The molecule has 0 radical (unpaired) electrons. The van der Waals surface area contributed by atoms with Crippen LogP contribution < -0.4 is 14.8 Å². The van der Waals surface area contributed by atoms with E-state index in [0.717, 1.165) is 21.9 Å². The van der Waals surface area contributed by atoms with Gasteiger partial charge in [0.1, 0.15) is 27.4 Å². The van der Waals surface area contributed by atoms with Crippen LogP contribution in [-0.2, 0) is 16.3 Å². The first-order chi connectivity index (χ1) is 20.6. The van der Waals surface area contributed by atoms with Crippen LogP contribution in [0.5, 0.6) is 17.2 Å². The monoisotopic (exact) mass is 627 g/mol. The molecule has 0 atom stereocenters. The number of hydrogen-bond acceptors (Lipinski definition) is 11. The van der Waals surface area contributed by atoms with Gasteiger partial charge in [-0.25, -0.2) is 27.8 Å². The molecule has 0 spiro atoms. The fraction of sp³-hybridized carbons (Fsp3) is 0.367. The second-order valence-electron chi connectivity index (χ2n) is 10.3. The minimum Gasteiger partial charge on any atom is -0.508 e. The molecule has 0 bridgehead atoms. The fourth-order valence-corrected chi connectivity index (χ4v) is 6.40. The molecule has 10 nitrogen and oxygen atoms in total. The molecule has 13 heteroatoms. The number of ether oxygens (including phenoxy) is 2. The van der Waals surface area contributed by atoms with Crippen molar-refractivity contribution in [1.82, 2.24) is 19.9 Å². The first-order valence-corrected chi connectivity index (χ1v) is 16.8. The molecule has 2 N–H and O–H groups in total. The quantitative estimate of drug-likeness (QED) is 0.226. The van der Waals surface area contributed by atoms with E-state index in [1.54, 1.807) is 49.7 Å². The van der Waals surface area contributed by atoms with Gasteiger partial charge in [-0.3, -0.25) is 0 Å². The highest BCUT2D eigenvalue weighted by molar-refractivity contribution is 7.90. The number of nitrogens with zero attached hydrogens (tertiary/aromatic N) is 4. The number of aromatic hydroxyl groups is 1. The number of hydrogen-bond donors (Lipinski definition) is 2. The van der Waals surface area contributed by atoms with Crippen LogP contribution in [0.4, 0.5) is 16.0 Å². The molecule has 0 aliphatic carbocycles. The van der Waals surface area contributed by atoms with Gasteiger partial charge in [0.15, 0.2) is 11.6 Å². The van der Waals surface area contributed by atoms with Gasteiger partial charge in [-0.05, 0) is 49.6 Å². The van der Waals surface area contributed by atoms with Crippen molar-refractivity contribution in [2.24, 2.45) is 0 Å². The Bertz CT molecular complexity index is 1690. The number of benzene rings is 2. The molecule has 1 aliphatic rings. The Morgan fingerprint density at radius 3 is 2.60 bits per heavy atom. The van der Waals surface area contributed by atoms with Crippen LogP contribution in [0.25, 0.3) is 21.8 Å². The summed E-state index contributed by atoms with van der Waals surface area (Å²) < 4.78 is 49.4. The van der Waals surface area contributed by atoms with Crippen molar-refractivity contribution in [3.8, 4) is 39.1 Å². The lowest BCUT2D eigenvalue weighted by Gasteiger charge is -2.32. The topological polar surface area (TPSA) is 127 Å². The van der Waals surface area contributed by atoms with Crippen molar-refractivity contribution in [2.75, 3.05) is 44.1 Å². The summed E-state index contributed by atoms with van der Waals surface area (Å²) >= 11 is 1.52. The highest BCUT2D eigenvalue weighted by Gasteiger charge is 2.23. The van der Waals surface area contributed by atoms with Crippen LogP contribution in [0.2, 0.25) is 0 Å². The van der Waals surface area contributed by atoms with E-state index in [9.17, 15) is 13.5 Å². The number of phenolic OH excluding ortho intramolecular Hbond substituents is 1. The molecule has 2 aromatic heterocycles. The van der Waals surface area contributed by atoms with Gasteiger partial charge in [0.25, 0.3) is 0 Å². The third-order valence-electron chi connectivity index (χ3n) is 7.10. The minimum atomic E-state index is -3.00. The Morgan fingerprint density at radius 1 is 1.12 bits per heavy atom. The Labute approximate surface area is 254 Å². The van der Waals surface area contributed by atoms with Crippen LogP contribution in [0.1, 0.15) is 24.8 Å². The lowest BCUT2D eigenvalue weighted by molar-refractivity contribution is 0.100. The number of anilines is 2. The number of halogens is 1. The third kappa shape index (κ3) is 7.78. The first-order valence-electron chi connectivity index (χ1n) is 14.0. The van der Waals surface area contributed by atoms with Crippen LogP contribution in [0, 0.1) is 5.82 Å². The summed E-state index contributed by atoms with van der Waals surface area (Å²) in [6.07, 6.45) is 4.85.